The molecule has 1 rings (SSSR count). The van der Waals surface area contributed by atoms with Gasteiger partial charge in [0.05, 0.1) is 38.0 Å². The van der Waals surface area contributed by atoms with E-state index in [1.807, 2.05) is 0 Å². The summed E-state index contributed by atoms with van der Waals surface area (Å²) in [6.07, 6.45) is 1.62. The molecule has 0 saturated heterocycles. The van der Waals surface area contributed by atoms with Crippen molar-refractivity contribution in [3.05, 3.63) is 29.1 Å². The zero-order valence-corrected chi connectivity index (χ0v) is 16.8. The standard InChI is InChI=1S/C20H31FN2O3/c1-7-11-17(23(8-2,9-3)10-4)19(24)22-18-14(5)12-15(21)13-16(18)20(25)26-6/h12-13,17H,7-11H2,1-6H3/p+1. The van der Waals surface area contributed by atoms with Crippen LogP contribution in [0.2, 0.25) is 0 Å². The SMILES string of the molecule is CCCC(C(=O)Nc1c(C)cc(F)cc1C(=O)OC)[N+](CC)(CC)CC. The van der Waals surface area contributed by atoms with Gasteiger partial charge in [0.25, 0.3) is 5.91 Å². The van der Waals surface area contributed by atoms with Gasteiger partial charge in [-0.2, -0.15) is 0 Å². The van der Waals surface area contributed by atoms with Crippen molar-refractivity contribution in [2.24, 2.45) is 0 Å². The van der Waals surface area contributed by atoms with E-state index in [0.717, 1.165) is 38.5 Å². The summed E-state index contributed by atoms with van der Waals surface area (Å²) in [7, 11) is 1.24. The van der Waals surface area contributed by atoms with E-state index in [9.17, 15) is 14.0 Å². The number of nitrogens with one attached hydrogen (secondary N) is 1. The number of hydrogen-bond acceptors (Lipinski definition) is 3. The highest BCUT2D eigenvalue weighted by atomic mass is 19.1. The quantitative estimate of drug-likeness (QED) is 0.532. The van der Waals surface area contributed by atoms with Crippen LogP contribution in [0.4, 0.5) is 10.1 Å². The Morgan fingerprint density at radius 2 is 1.73 bits per heavy atom. The Labute approximate surface area is 156 Å². The summed E-state index contributed by atoms with van der Waals surface area (Å²) in [6.45, 7) is 12.5. The summed E-state index contributed by atoms with van der Waals surface area (Å²) >= 11 is 0. The van der Waals surface area contributed by atoms with Crippen molar-refractivity contribution in [2.75, 3.05) is 32.1 Å². The van der Waals surface area contributed by atoms with Gasteiger partial charge in [0.2, 0.25) is 0 Å². The predicted molar refractivity (Wildman–Crippen MR) is 102 cm³/mol. The number of ether oxygens (including phenoxy) is 1. The fourth-order valence-corrected chi connectivity index (χ4v) is 3.65. The van der Waals surface area contributed by atoms with Crippen LogP contribution in [0.1, 0.15) is 56.5 Å². The van der Waals surface area contributed by atoms with E-state index >= 15 is 0 Å². The number of esters is 1. The second-order valence-electron chi connectivity index (χ2n) is 6.60. The van der Waals surface area contributed by atoms with Gasteiger partial charge in [-0.05, 0) is 51.8 Å². The van der Waals surface area contributed by atoms with Crippen LogP contribution < -0.4 is 5.32 Å². The van der Waals surface area contributed by atoms with E-state index in [4.69, 9.17) is 4.74 Å². The number of amides is 1. The molecule has 146 valence electrons. The normalized spacial score (nSPS) is 12.6. The first-order chi connectivity index (χ1) is 12.3. The van der Waals surface area contributed by atoms with Crippen LogP contribution in [-0.4, -0.2) is 49.1 Å². The molecule has 1 aromatic rings. The second kappa shape index (κ2) is 9.67. The topological polar surface area (TPSA) is 55.4 Å². The lowest BCUT2D eigenvalue weighted by atomic mass is 10.0. The number of carbonyl (C=O) groups excluding carboxylic acids is 2. The number of aryl methyl sites for hydroxylation is 1. The van der Waals surface area contributed by atoms with Crippen molar-refractivity contribution in [1.82, 2.24) is 0 Å². The predicted octanol–water partition coefficient (Wildman–Crippen LogP) is 3.90. The van der Waals surface area contributed by atoms with Crippen molar-refractivity contribution in [1.29, 1.82) is 0 Å². The van der Waals surface area contributed by atoms with E-state index in [1.54, 1.807) is 6.92 Å². The number of methoxy groups -OCH3 is 1. The maximum absolute atomic E-state index is 13.8. The number of anilines is 1. The molecule has 0 bridgehead atoms. The average molecular weight is 367 g/mol. The average Bonchev–Trinajstić information content (AvgIpc) is 2.63. The molecule has 0 aliphatic carbocycles. The van der Waals surface area contributed by atoms with Crippen molar-refractivity contribution in [3.63, 3.8) is 0 Å². The van der Waals surface area contributed by atoms with Crippen LogP contribution in [0, 0.1) is 12.7 Å². The molecule has 0 heterocycles. The highest BCUT2D eigenvalue weighted by Crippen LogP contribution is 2.26. The molecule has 0 radical (unpaired) electrons. The van der Waals surface area contributed by atoms with Crippen molar-refractivity contribution in [3.8, 4) is 0 Å². The number of likely N-dealkylation sites (N-methyl/N-ethyl adjacent to an activating group) is 1. The smallest absolute Gasteiger partial charge is 0.340 e. The van der Waals surface area contributed by atoms with Gasteiger partial charge in [0, 0.05) is 6.42 Å². The fourth-order valence-electron chi connectivity index (χ4n) is 3.65. The number of nitrogens with zero attached hydrogens (tertiary/aromatic N) is 1. The highest BCUT2D eigenvalue weighted by Gasteiger charge is 2.38. The molecular weight excluding hydrogens is 335 g/mol. The van der Waals surface area contributed by atoms with Gasteiger partial charge in [-0.1, -0.05) is 6.92 Å². The first-order valence-electron chi connectivity index (χ1n) is 9.35. The van der Waals surface area contributed by atoms with E-state index in [-0.39, 0.29) is 17.5 Å². The molecular formula is C20H32FN2O3+. The lowest BCUT2D eigenvalue weighted by molar-refractivity contribution is -0.938. The molecule has 1 N–H and O–H groups in total. The number of rotatable bonds is 9. The molecule has 1 amide bonds. The number of carbonyl (C=O) groups is 2. The molecule has 1 unspecified atom stereocenters. The summed E-state index contributed by atoms with van der Waals surface area (Å²) in [5.41, 5.74) is 0.860. The molecule has 0 aliphatic rings. The van der Waals surface area contributed by atoms with Gasteiger partial charge in [-0.15, -0.1) is 0 Å². The maximum atomic E-state index is 13.8. The zero-order chi connectivity index (χ0) is 19.9. The molecule has 0 aliphatic heterocycles. The molecule has 0 fully saturated rings. The van der Waals surface area contributed by atoms with Gasteiger partial charge in [0.1, 0.15) is 5.82 Å². The van der Waals surface area contributed by atoms with Gasteiger partial charge in [-0.25, -0.2) is 9.18 Å². The lowest BCUT2D eigenvalue weighted by Gasteiger charge is -2.42. The van der Waals surface area contributed by atoms with Crippen molar-refractivity contribution >= 4 is 17.6 Å². The summed E-state index contributed by atoms with van der Waals surface area (Å²) in [4.78, 5) is 25.2. The summed E-state index contributed by atoms with van der Waals surface area (Å²) < 4.78 is 19.2. The Kier molecular flexibility index (Phi) is 8.21. The third kappa shape index (κ3) is 4.61. The molecule has 0 spiro atoms. The number of halogens is 1. The molecule has 5 nitrogen and oxygen atoms in total. The minimum Gasteiger partial charge on any atom is -0.465 e. The minimum atomic E-state index is -0.669. The Morgan fingerprint density at radius 3 is 2.19 bits per heavy atom. The van der Waals surface area contributed by atoms with Crippen LogP contribution in [0.5, 0.6) is 0 Å². The van der Waals surface area contributed by atoms with E-state index in [1.165, 1.54) is 13.2 Å². The third-order valence-electron chi connectivity index (χ3n) is 5.37. The minimum absolute atomic E-state index is 0.0381. The molecule has 0 aromatic heterocycles. The summed E-state index contributed by atoms with van der Waals surface area (Å²) in [5.74, 6) is -1.35. The lowest BCUT2D eigenvalue weighted by Crippen LogP contribution is -2.59. The first-order valence-corrected chi connectivity index (χ1v) is 9.35. The molecule has 26 heavy (non-hydrogen) atoms. The zero-order valence-electron chi connectivity index (χ0n) is 16.8. The van der Waals surface area contributed by atoms with Gasteiger partial charge in [0.15, 0.2) is 6.04 Å². The highest BCUT2D eigenvalue weighted by molar-refractivity contribution is 6.03. The number of hydrogen-bond donors (Lipinski definition) is 1. The monoisotopic (exact) mass is 367 g/mol. The Balaban J connectivity index is 3.31. The van der Waals surface area contributed by atoms with E-state index < -0.39 is 11.8 Å². The Morgan fingerprint density at radius 1 is 1.15 bits per heavy atom. The number of quaternary nitrogens is 1. The van der Waals surface area contributed by atoms with Crippen LogP contribution >= 0.6 is 0 Å². The second-order valence-corrected chi connectivity index (χ2v) is 6.60. The van der Waals surface area contributed by atoms with E-state index in [0.29, 0.717) is 15.7 Å². The molecule has 1 atom stereocenters. The maximum Gasteiger partial charge on any atom is 0.340 e. The van der Waals surface area contributed by atoms with Crippen LogP contribution in [0.15, 0.2) is 12.1 Å². The van der Waals surface area contributed by atoms with Crippen LogP contribution in [0.3, 0.4) is 0 Å². The third-order valence-corrected chi connectivity index (χ3v) is 5.37. The van der Waals surface area contributed by atoms with Crippen LogP contribution in [0.25, 0.3) is 0 Å². The molecule has 0 saturated carbocycles. The Bertz CT molecular complexity index is 634. The first kappa shape index (κ1) is 22.1. The van der Waals surface area contributed by atoms with Gasteiger partial charge >= 0.3 is 5.97 Å². The van der Waals surface area contributed by atoms with Crippen LogP contribution in [-0.2, 0) is 9.53 Å². The largest absolute Gasteiger partial charge is 0.465 e. The summed E-state index contributed by atoms with van der Waals surface area (Å²) in [6, 6.07) is 2.18. The summed E-state index contributed by atoms with van der Waals surface area (Å²) in [5, 5.41) is 2.89. The number of benzene rings is 1. The fraction of sp³-hybridized carbons (Fsp3) is 0.600. The van der Waals surface area contributed by atoms with Gasteiger partial charge < -0.3 is 14.5 Å². The van der Waals surface area contributed by atoms with Crippen molar-refractivity contribution in [2.45, 2.75) is 53.5 Å². The van der Waals surface area contributed by atoms with E-state index in [2.05, 4.69) is 33.0 Å². The molecule has 6 heteroatoms. The van der Waals surface area contributed by atoms with Gasteiger partial charge in [-0.3, -0.25) is 4.79 Å². The Hall–Kier alpha value is -1.95. The van der Waals surface area contributed by atoms with Crippen molar-refractivity contribution < 1.29 is 23.2 Å². The molecule has 1 aromatic carbocycles.